The predicted molar refractivity (Wildman–Crippen MR) is 90.4 cm³/mol. The maximum absolute atomic E-state index is 12.8. The number of nitrogens with zero attached hydrogens (tertiary/aromatic N) is 2. The zero-order valence-electron chi connectivity index (χ0n) is 13.7. The molecular formula is C15H12F3N5O5. The lowest BCUT2D eigenvalue weighted by Crippen LogP contribution is -2.50. The number of hydrogen-bond donors (Lipinski definition) is 4. The number of nitro benzene ring substituents is 1. The highest BCUT2D eigenvalue weighted by Crippen LogP contribution is 2.36. The number of amides is 4. The van der Waals surface area contributed by atoms with E-state index in [0.717, 1.165) is 36.4 Å². The van der Waals surface area contributed by atoms with Gasteiger partial charge in [-0.15, -0.1) is 0 Å². The number of rotatable bonds is 3. The minimum Gasteiger partial charge on any atom is -0.501 e. The van der Waals surface area contributed by atoms with E-state index in [9.17, 15) is 38.0 Å². The standard InChI is InChI=1S/C15H12F3N5O5/c16-15(17,18)8-3-1-4-9(7-8)20-14(26)22(21-13(19)25)10-5-2-6-11(12(10)24)23(27)28/h1-7,24H,(H,20,26)(H3,19,21,25). The second-order valence-corrected chi connectivity index (χ2v) is 5.22. The van der Waals surface area contributed by atoms with Crippen LogP contribution < -0.4 is 21.5 Å². The first-order valence-corrected chi connectivity index (χ1v) is 7.31. The van der Waals surface area contributed by atoms with Crippen LogP contribution in [-0.4, -0.2) is 22.1 Å². The van der Waals surface area contributed by atoms with Crippen LogP contribution in [0.25, 0.3) is 0 Å². The van der Waals surface area contributed by atoms with Gasteiger partial charge in [-0.2, -0.15) is 18.2 Å². The summed E-state index contributed by atoms with van der Waals surface area (Å²) in [6, 6.07) is 4.17. The molecule has 0 saturated carbocycles. The number of alkyl halides is 3. The molecule has 0 radical (unpaired) electrons. The minimum atomic E-state index is -4.66. The number of halogens is 3. The number of hydrazine groups is 1. The fourth-order valence-electron chi connectivity index (χ4n) is 2.13. The highest BCUT2D eigenvalue weighted by Gasteiger charge is 2.31. The number of phenolic OH excluding ortho intramolecular Hbond substituents is 1. The van der Waals surface area contributed by atoms with E-state index in [1.807, 2.05) is 5.43 Å². The number of primary amides is 1. The van der Waals surface area contributed by atoms with E-state index < -0.39 is 45.8 Å². The number of urea groups is 2. The molecule has 0 unspecified atom stereocenters. The van der Waals surface area contributed by atoms with Crippen LogP contribution in [0.15, 0.2) is 42.5 Å². The normalized spacial score (nSPS) is 10.8. The topological polar surface area (TPSA) is 151 Å². The third-order valence-corrected chi connectivity index (χ3v) is 3.30. The summed E-state index contributed by atoms with van der Waals surface area (Å²) >= 11 is 0. The van der Waals surface area contributed by atoms with Gasteiger partial charge in [0.05, 0.1) is 10.5 Å². The van der Waals surface area contributed by atoms with E-state index in [1.54, 1.807) is 0 Å². The summed E-state index contributed by atoms with van der Waals surface area (Å²) in [5.74, 6) is -0.972. The number of phenols is 1. The van der Waals surface area contributed by atoms with Crippen molar-refractivity contribution >= 4 is 29.1 Å². The van der Waals surface area contributed by atoms with E-state index >= 15 is 0 Å². The maximum atomic E-state index is 12.8. The Bertz CT molecular complexity index is 935. The zero-order valence-corrected chi connectivity index (χ0v) is 13.7. The molecule has 0 atom stereocenters. The molecule has 13 heteroatoms. The quantitative estimate of drug-likeness (QED) is 0.462. The van der Waals surface area contributed by atoms with Crippen LogP contribution in [0.1, 0.15) is 5.56 Å². The molecule has 10 nitrogen and oxygen atoms in total. The summed E-state index contributed by atoms with van der Waals surface area (Å²) in [6.45, 7) is 0. The Labute approximate surface area is 154 Å². The molecule has 5 N–H and O–H groups in total. The van der Waals surface area contributed by atoms with Gasteiger partial charge in [0, 0.05) is 11.8 Å². The first-order valence-electron chi connectivity index (χ1n) is 7.31. The first kappa shape index (κ1) is 20.3. The molecule has 2 aromatic carbocycles. The summed E-state index contributed by atoms with van der Waals surface area (Å²) in [5.41, 5.74) is 4.14. The van der Waals surface area contributed by atoms with Gasteiger partial charge < -0.3 is 16.2 Å². The molecule has 0 spiro atoms. The predicted octanol–water partition coefficient (Wildman–Crippen LogP) is 2.94. The van der Waals surface area contributed by atoms with Crippen LogP contribution in [0.3, 0.4) is 0 Å². The largest absolute Gasteiger partial charge is 0.501 e. The Morgan fingerprint density at radius 3 is 2.39 bits per heavy atom. The maximum Gasteiger partial charge on any atom is 0.416 e. The van der Waals surface area contributed by atoms with Crippen molar-refractivity contribution in [3.63, 3.8) is 0 Å². The van der Waals surface area contributed by atoms with Crippen molar-refractivity contribution in [1.29, 1.82) is 0 Å². The molecule has 0 bridgehead atoms. The van der Waals surface area contributed by atoms with Gasteiger partial charge >= 0.3 is 23.9 Å². The molecule has 4 amide bonds. The summed E-state index contributed by atoms with van der Waals surface area (Å²) in [5, 5.41) is 23.3. The highest BCUT2D eigenvalue weighted by molar-refractivity contribution is 6.04. The molecule has 28 heavy (non-hydrogen) atoms. The molecule has 2 rings (SSSR count). The van der Waals surface area contributed by atoms with Crippen LogP contribution in [0, 0.1) is 10.1 Å². The number of aromatic hydroxyl groups is 1. The number of hydrogen-bond acceptors (Lipinski definition) is 5. The Balaban J connectivity index is 2.39. The van der Waals surface area contributed by atoms with E-state index in [-0.39, 0.29) is 5.69 Å². The molecule has 0 fully saturated rings. The van der Waals surface area contributed by atoms with Gasteiger partial charge in [-0.05, 0) is 24.3 Å². The molecule has 148 valence electrons. The summed E-state index contributed by atoms with van der Waals surface area (Å²) < 4.78 is 38.3. The van der Waals surface area contributed by atoms with E-state index in [4.69, 9.17) is 5.73 Å². The summed E-state index contributed by atoms with van der Waals surface area (Å²) in [4.78, 5) is 33.6. The van der Waals surface area contributed by atoms with Crippen LogP contribution in [0.5, 0.6) is 5.75 Å². The highest BCUT2D eigenvalue weighted by atomic mass is 19.4. The Kier molecular flexibility index (Phi) is 5.57. The number of anilines is 2. The molecule has 0 aliphatic carbocycles. The van der Waals surface area contributed by atoms with E-state index in [0.29, 0.717) is 11.1 Å². The van der Waals surface area contributed by atoms with E-state index in [1.165, 1.54) is 0 Å². The average molecular weight is 399 g/mol. The molecular weight excluding hydrogens is 387 g/mol. The lowest BCUT2D eigenvalue weighted by Gasteiger charge is -2.23. The summed E-state index contributed by atoms with van der Waals surface area (Å²) in [6.07, 6.45) is -4.66. The van der Waals surface area contributed by atoms with Crippen LogP contribution in [0.2, 0.25) is 0 Å². The van der Waals surface area contributed by atoms with Crippen molar-refractivity contribution in [2.75, 3.05) is 10.3 Å². The fraction of sp³-hybridized carbons (Fsp3) is 0.0667. The van der Waals surface area contributed by atoms with Gasteiger partial charge in [-0.25, -0.2) is 15.0 Å². The van der Waals surface area contributed by atoms with Gasteiger partial charge in [0.25, 0.3) is 0 Å². The SMILES string of the molecule is NC(=O)NN(C(=O)Nc1cccc(C(F)(F)F)c1)c1cccc([N+](=O)[O-])c1O. The van der Waals surface area contributed by atoms with Crippen LogP contribution >= 0.6 is 0 Å². The van der Waals surface area contributed by atoms with Crippen molar-refractivity contribution < 1.29 is 32.8 Å². The number of nitrogens with one attached hydrogen (secondary N) is 2. The lowest BCUT2D eigenvalue weighted by atomic mass is 10.2. The third-order valence-electron chi connectivity index (χ3n) is 3.30. The van der Waals surface area contributed by atoms with Crippen LogP contribution in [-0.2, 0) is 6.18 Å². The average Bonchev–Trinajstić information content (AvgIpc) is 2.59. The monoisotopic (exact) mass is 399 g/mol. The summed E-state index contributed by atoms with van der Waals surface area (Å²) in [7, 11) is 0. The fourth-order valence-corrected chi connectivity index (χ4v) is 2.13. The Hall–Kier alpha value is -4.03. The molecule has 0 heterocycles. The van der Waals surface area contributed by atoms with Gasteiger partial charge in [0.15, 0.2) is 0 Å². The molecule has 0 saturated heterocycles. The van der Waals surface area contributed by atoms with Crippen molar-refractivity contribution in [2.24, 2.45) is 5.73 Å². The molecule has 2 aromatic rings. The first-order chi connectivity index (χ1) is 13.0. The second kappa shape index (κ2) is 7.69. The number of para-hydroxylation sites is 1. The second-order valence-electron chi connectivity index (χ2n) is 5.22. The number of carbonyl (C=O) groups excluding carboxylic acids is 2. The van der Waals surface area contributed by atoms with Gasteiger partial charge in [-0.1, -0.05) is 12.1 Å². The number of nitrogens with two attached hydrogens (primary N) is 1. The number of carbonyl (C=O) groups is 2. The molecule has 0 aliphatic rings. The van der Waals surface area contributed by atoms with Crippen LogP contribution in [0.4, 0.5) is 39.8 Å². The molecule has 0 aromatic heterocycles. The van der Waals surface area contributed by atoms with Gasteiger partial charge in [-0.3, -0.25) is 10.1 Å². The number of benzene rings is 2. The molecule has 0 aliphatic heterocycles. The van der Waals surface area contributed by atoms with Gasteiger partial charge in [0.1, 0.15) is 5.69 Å². The van der Waals surface area contributed by atoms with Crippen molar-refractivity contribution in [3.05, 3.63) is 58.1 Å². The van der Waals surface area contributed by atoms with Gasteiger partial charge in [0.2, 0.25) is 5.75 Å². The zero-order chi connectivity index (χ0) is 21.1. The Morgan fingerprint density at radius 1 is 1.18 bits per heavy atom. The third kappa shape index (κ3) is 4.57. The van der Waals surface area contributed by atoms with E-state index in [2.05, 4.69) is 5.32 Å². The number of nitro groups is 1. The minimum absolute atomic E-state index is 0.291. The van der Waals surface area contributed by atoms with Crippen molar-refractivity contribution in [3.8, 4) is 5.75 Å². The lowest BCUT2D eigenvalue weighted by molar-refractivity contribution is -0.385. The smallest absolute Gasteiger partial charge is 0.416 e. The van der Waals surface area contributed by atoms with Crippen molar-refractivity contribution in [1.82, 2.24) is 5.43 Å². The van der Waals surface area contributed by atoms with Crippen molar-refractivity contribution in [2.45, 2.75) is 6.18 Å². The Morgan fingerprint density at radius 2 is 1.82 bits per heavy atom.